The van der Waals surface area contributed by atoms with E-state index in [0.717, 1.165) is 12.1 Å². The van der Waals surface area contributed by atoms with Crippen molar-refractivity contribution in [3.05, 3.63) is 59.2 Å². The molecular formula is C16H14F2N6O2. The Bertz CT molecular complexity index is 1000. The predicted octanol–water partition coefficient (Wildman–Crippen LogP) is 0.928. The highest BCUT2D eigenvalue weighted by atomic mass is 19.2. The van der Waals surface area contributed by atoms with E-state index in [1.165, 1.54) is 23.8 Å². The summed E-state index contributed by atoms with van der Waals surface area (Å²) in [5.41, 5.74) is 0.791. The van der Waals surface area contributed by atoms with Crippen LogP contribution in [0.25, 0.3) is 5.78 Å². The average Bonchev–Trinajstić information content (AvgIpc) is 3.07. The molecule has 3 aromatic rings. The lowest BCUT2D eigenvalue weighted by Gasteiger charge is -2.17. The highest BCUT2D eigenvalue weighted by Gasteiger charge is 2.25. The van der Waals surface area contributed by atoms with Crippen molar-refractivity contribution in [3.63, 3.8) is 0 Å². The molecule has 0 saturated heterocycles. The smallest absolute Gasteiger partial charge is 0.291 e. The van der Waals surface area contributed by atoms with Gasteiger partial charge in [-0.1, -0.05) is 6.07 Å². The first-order valence-corrected chi connectivity index (χ1v) is 7.56. The molecule has 10 heteroatoms. The normalized spacial score (nSPS) is 12.0. The largest absolute Gasteiger partial charge is 0.357 e. The Kier molecular flexibility index (Phi) is 4.57. The van der Waals surface area contributed by atoms with Crippen LogP contribution in [-0.2, 0) is 4.79 Å². The van der Waals surface area contributed by atoms with Gasteiger partial charge in [0.25, 0.3) is 11.7 Å². The molecule has 3 rings (SSSR count). The number of carbonyl (C=O) groups is 2. The van der Waals surface area contributed by atoms with E-state index in [4.69, 9.17) is 0 Å². The highest BCUT2D eigenvalue weighted by molar-refractivity contribution is 5.95. The number of amides is 2. The molecule has 26 heavy (non-hydrogen) atoms. The number of hydrogen-bond donors (Lipinski definition) is 2. The molecule has 2 N–H and O–H groups in total. The minimum atomic E-state index is -1.25. The third-order valence-electron chi connectivity index (χ3n) is 3.69. The third kappa shape index (κ3) is 3.21. The van der Waals surface area contributed by atoms with Crippen molar-refractivity contribution in [1.82, 2.24) is 30.2 Å². The predicted molar refractivity (Wildman–Crippen MR) is 86.2 cm³/mol. The second kappa shape index (κ2) is 6.82. The summed E-state index contributed by atoms with van der Waals surface area (Å²) in [6.07, 6.45) is 1.52. The molecule has 0 aliphatic rings. The summed E-state index contributed by atoms with van der Waals surface area (Å²) >= 11 is 0. The molecule has 0 saturated carbocycles. The number of aryl methyl sites for hydroxylation is 1. The van der Waals surface area contributed by atoms with Crippen molar-refractivity contribution in [2.75, 3.05) is 7.05 Å². The third-order valence-corrected chi connectivity index (χ3v) is 3.69. The highest BCUT2D eigenvalue weighted by Crippen LogP contribution is 2.17. The van der Waals surface area contributed by atoms with Crippen molar-refractivity contribution in [1.29, 1.82) is 0 Å². The van der Waals surface area contributed by atoms with E-state index in [-0.39, 0.29) is 17.2 Å². The lowest BCUT2D eigenvalue weighted by molar-refractivity contribution is -0.122. The number of carbonyl (C=O) groups excluding carboxylic acids is 2. The average molecular weight is 360 g/mol. The molecule has 1 atom stereocenters. The number of likely N-dealkylation sites (N-methyl/N-ethyl adjacent to an activating group) is 1. The van der Waals surface area contributed by atoms with Crippen LogP contribution in [0.5, 0.6) is 0 Å². The van der Waals surface area contributed by atoms with Gasteiger partial charge in [-0.2, -0.15) is 4.98 Å². The Balaban J connectivity index is 1.92. The molecular weight excluding hydrogens is 346 g/mol. The molecule has 1 aromatic carbocycles. The van der Waals surface area contributed by atoms with E-state index < -0.39 is 29.5 Å². The van der Waals surface area contributed by atoms with Crippen molar-refractivity contribution >= 4 is 17.6 Å². The Morgan fingerprint density at radius 1 is 1.19 bits per heavy atom. The van der Waals surface area contributed by atoms with Gasteiger partial charge in [0.05, 0.1) is 0 Å². The molecule has 0 fully saturated rings. The fraction of sp³-hybridized carbons (Fsp3) is 0.188. The zero-order chi connectivity index (χ0) is 18.8. The number of nitrogens with zero attached hydrogens (tertiary/aromatic N) is 4. The quantitative estimate of drug-likeness (QED) is 0.721. The van der Waals surface area contributed by atoms with Gasteiger partial charge in [0.15, 0.2) is 11.6 Å². The summed E-state index contributed by atoms with van der Waals surface area (Å²) in [6, 6.07) is 3.38. The van der Waals surface area contributed by atoms with Crippen LogP contribution < -0.4 is 10.6 Å². The summed E-state index contributed by atoms with van der Waals surface area (Å²) in [5.74, 6) is -3.53. The van der Waals surface area contributed by atoms with E-state index in [1.54, 1.807) is 13.0 Å². The van der Waals surface area contributed by atoms with E-state index in [9.17, 15) is 18.4 Å². The first kappa shape index (κ1) is 17.4. The first-order valence-electron chi connectivity index (χ1n) is 7.56. The number of fused-ring (bicyclic) bond motifs is 1. The number of rotatable bonds is 4. The maximum Gasteiger partial charge on any atom is 0.291 e. The first-order chi connectivity index (χ1) is 12.4. The Morgan fingerprint density at radius 2 is 1.96 bits per heavy atom. The van der Waals surface area contributed by atoms with Gasteiger partial charge in [-0.25, -0.2) is 18.3 Å². The van der Waals surface area contributed by atoms with Gasteiger partial charge in [0, 0.05) is 18.9 Å². The molecule has 2 heterocycles. The van der Waals surface area contributed by atoms with Crippen LogP contribution in [0.1, 0.15) is 27.9 Å². The van der Waals surface area contributed by atoms with Crippen LogP contribution in [0, 0.1) is 18.6 Å². The number of halogens is 2. The van der Waals surface area contributed by atoms with E-state index in [2.05, 4.69) is 25.7 Å². The van der Waals surface area contributed by atoms with Crippen molar-refractivity contribution < 1.29 is 18.4 Å². The number of aromatic nitrogens is 4. The topological polar surface area (TPSA) is 101 Å². The minimum Gasteiger partial charge on any atom is -0.357 e. The zero-order valence-electron chi connectivity index (χ0n) is 13.8. The Labute approximate surface area is 146 Å². The number of benzene rings is 1. The van der Waals surface area contributed by atoms with Gasteiger partial charge < -0.3 is 10.6 Å². The summed E-state index contributed by atoms with van der Waals surface area (Å²) in [4.78, 5) is 32.6. The van der Waals surface area contributed by atoms with Gasteiger partial charge in [-0.3, -0.25) is 9.59 Å². The SMILES string of the molecule is CNC(=O)C(NC(=O)c1nc2nccc(C)n2n1)c1ccc(F)c(F)c1. The molecule has 0 spiro atoms. The molecule has 0 bridgehead atoms. The van der Waals surface area contributed by atoms with Crippen LogP contribution in [-0.4, -0.2) is 38.4 Å². The standard InChI is InChI=1S/C16H14F2N6O2/c1-8-5-6-20-16-22-13(23-24(8)16)15(26)21-12(14(25)19-2)9-3-4-10(17)11(18)7-9/h3-7,12H,1-2H3,(H,19,25)(H,21,26). The summed E-state index contributed by atoms with van der Waals surface area (Å²) in [7, 11) is 1.36. The second-order valence-electron chi connectivity index (χ2n) is 5.43. The van der Waals surface area contributed by atoms with E-state index >= 15 is 0 Å². The lowest BCUT2D eigenvalue weighted by atomic mass is 10.1. The molecule has 0 aliphatic heterocycles. The van der Waals surface area contributed by atoms with Crippen LogP contribution in [0.15, 0.2) is 30.5 Å². The molecule has 2 aromatic heterocycles. The molecule has 8 nitrogen and oxygen atoms in total. The monoisotopic (exact) mass is 360 g/mol. The van der Waals surface area contributed by atoms with Gasteiger partial charge >= 0.3 is 0 Å². The van der Waals surface area contributed by atoms with Crippen LogP contribution >= 0.6 is 0 Å². The number of nitrogens with one attached hydrogen (secondary N) is 2. The number of hydrogen-bond acceptors (Lipinski definition) is 5. The van der Waals surface area contributed by atoms with Crippen molar-refractivity contribution in [3.8, 4) is 0 Å². The van der Waals surface area contributed by atoms with Crippen LogP contribution in [0.4, 0.5) is 8.78 Å². The van der Waals surface area contributed by atoms with Crippen molar-refractivity contribution in [2.45, 2.75) is 13.0 Å². The Morgan fingerprint density at radius 3 is 2.62 bits per heavy atom. The fourth-order valence-electron chi connectivity index (χ4n) is 2.33. The zero-order valence-corrected chi connectivity index (χ0v) is 13.8. The molecule has 134 valence electrons. The molecule has 2 amide bonds. The van der Waals surface area contributed by atoms with Crippen LogP contribution in [0.3, 0.4) is 0 Å². The Hall–Kier alpha value is -3.43. The minimum absolute atomic E-state index is 0.0784. The molecule has 0 aliphatic carbocycles. The summed E-state index contributed by atoms with van der Waals surface area (Å²) in [6.45, 7) is 1.76. The summed E-state index contributed by atoms with van der Waals surface area (Å²) < 4.78 is 28.0. The molecule has 0 radical (unpaired) electrons. The summed E-state index contributed by atoms with van der Waals surface area (Å²) in [5, 5.41) is 8.82. The van der Waals surface area contributed by atoms with Gasteiger partial charge in [0.2, 0.25) is 11.7 Å². The van der Waals surface area contributed by atoms with Gasteiger partial charge in [-0.15, -0.1) is 5.10 Å². The second-order valence-corrected chi connectivity index (χ2v) is 5.43. The molecule has 1 unspecified atom stereocenters. The van der Waals surface area contributed by atoms with Gasteiger partial charge in [0.1, 0.15) is 6.04 Å². The van der Waals surface area contributed by atoms with Crippen molar-refractivity contribution in [2.24, 2.45) is 0 Å². The maximum atomic E-state index is 13.5. The van der Waals surface area contributed by atoms with Crippen LogP contribution in [0.2, 0.25) is 0 Å². The van der Waals surface area contributed by atoms with Gasteiger partial charge in [-0.05, 0) is 30.7 Å². The van der Waals surface area contributed by atoms with E-state index in [1.807, 2.05) is 0 Å². The van der Waals surface area contributed by atoms with E-state index in [0.29, 0.717) is 5.69 Å². The fourth-order valence-corrected chi connectivity index (χ4v) is 2.33. The maximum absolute atomic E-state index is 13.5. The lowest BCUT2D eigenvalue weighted by Crippen LogP contribution is -2.39.